The molecule has 0 saturated carbocycles. The van der Waals surface area contributed by atoms with Crippen LogP contribution in [0.3, 0.4) is 0 Å². The number of nitrogens with one attached hydrogen (secondary N) is 2. The van der Waals surface area contributed by atoms with E-state index in [9.17, 15) is 18.0 Å². The molecule has 1 unspecified atom stereocenters. The van der Waals surface area contributed by atoms with Crippen LogP contribution in [0.15, 0.2) is 24.3 Å². The molecular weight excluding hydrogens is 291 g/mol. The Morgan fingerprint density at radius 2 is 1.95 bits per heavy atom. The maximum atomic E-state index is 11.9. The lowest BCUT2D eigenvalue weighted by molar-refractivity contribution is -0.0327. The Morgan fingerprint density at radius 3 is 2.45 bits per heavy atom. The Kier molecular flexibility index (Phi) is 6.15. The molecule has 1 rings (SSSR count). The fraction of sp³-hybridized carbons (Fsp3) is 0.417. The van der Waals surface area contributed by atoms with E-state index in [1.807, 2.05) is 6.92 Å². The number of anilines is 1. The first-order valence-electron chi connectivity index (χ1n) is 5.88. The van der Waals surface area contributed by atoms with Gasteiger partial charge in [0.25, 0.3) is 0 Å². The van der Waals surface area contributed by atoms with Crippen LogP contribution in [0.2, 0.25) is 0 Å². The second-order valence-corrected chi connectivity index (χ2v) is 5.24. The van der Waals surface area contributed by atoms with Gasteiger partial charge in [-0.25, -0.2) is 4.79 Å². The van der Waals surface area contributed by atoms with Crippen molar-refractivity contribution in [3.8, 4) is 0 Å². The molecule has 0 fully saturated rings. The Bertz CT molecular complexity index is 437. The third-order valence-electron chi connectivity index (χ3n) is 2.50. The van der Waals surface area contributed by atoms with Crippen molar-refractivity contribution in [1.29, 1.82) is 0 Å². The summed E-state index contributed by atoms with van der Waals surface area (Å²) in [4.78, 5) is 10.6. The summed E-state index contributed by atoms with van der Waals surface area (Å²) >= 11 is -0.0439. The van der Waals surface area contributed by atoms with Crippen LogP contribution in [0.25, 0.3) is 0 Å². The van der Waals surface area contributed by atoms with Crippen LogP contribution in [-0.2, 0) is 0 Å². The highest BCUT2D eigenvalue weighted by Gasteiger charge is 2.27. The third kappa shape index (κ3) is 6.67. The Morgan fingerprint density at radius 1 is 1.35 bits per heavy atom. The highest BCUT2D eigenvalue weighted by molar-refractivity contribution is 8.00. The minimum absolute atomic E-state index is 0.0326. The molecule has 8 heteroatoms. The quantitative estimate of drug-likeness (QED) is 0.708. The maximum absolute atomic E-state index is 11.9. The molecule has 0 heterocycles. The lowest BCUT2D eigenvalue weighted by Crippen LogP contribution is -2.22. The van der Waals surface area contributed by atoms with Crippen LogP contribution in [0.5, 0.6) is 0 Å². The van der Waals surface area contributed by atoms with Gasteiger partial charge in [-0.15, -0.1) is 0 Å². The van der Waals surface area contributed by atoms with Crippen LogP contribution in [-0.4, -0.2) is 23.8 Å². The van der Waals surface area contributed by atoms with E-state index in [1.165, 1.54) is 0 Å². The molecule has 4 nitrogen and oxygen atoms in total. The van der Waals surface area contributed by atoms with E-state index < -0.39 is 11.5 Å². The Labute approximate surface area is 119 Å². The van der Waals surface area contributed by atoms with E-state index in [4.69, 9.17) is 5.73 Å². The van der Waals surface area contributed by atoms with Gasteiger partial charge in [0.2, 0.25) is 0 Å². The van der Waals surface area contributed by atoms with Gasteiger partial charge < -0.3 is 16.4 Å². The van der Waals surface area contributed by atoms with Crippen molar-refractivity contribution in [2.24, 2.45) is 5.73 Å². The number of carbonyl (C=O) groups is 1. The van der Waals surface area contributed by atoms with Gasteiger partial charge in [0.05, 0.1) is 0 Å². The first kappa shape index (κ1) is 16.6. The van der Waals surface area contributed by atoms with Crippen LogP contribution in [0, 0.1) is 0 Å². The van der Waals surface area contributed by atoms with E-state index >= 15 is 0 Å². The summed E-state index contributed by atoms with van der Waals surface area (Å²) in [5, 5.41) is 5.43. The van der Waals surface area contributed by atoms with Gasteiger partial charge in [-0.1, -0.05) is 12.1 Å². The molecule has 0 aliphatic carbocycles. The van der Waals surface area contributed by atoms with Gasteiger partial charge in [-0.2, -0.15) is 13.2 Å². The molecular formula is C12H16F3N3OS. The predicted molar refractivity (Wildman–Crippen MR) is 74.6 cm³/mol. The molecule has 20 heavy (non-hydrogen) atoms. The minimum Gasteiger partial charge on any atom is -0.351 e. The average Bonchev–Trinajstić information content (AvgIpc) is 2.33. The number of rotatable bonds is 6. The zero-order chi connectivity index (χ0) is 15.2. The van der Waals surface area contributed by atoms with Gasteiger partial charge in [0.1, 0.15) is 0 Å². The topological polar surface area (TPSA) is 67.2 Å². The molecule has 0 aromatic heterocycles. The number of thioether (sulfide) groups is 1. The lowest BCUT2D eigenvalue weighted by Gasteiger charge is -2.15. The highest BCUT2D eigenvalue weighted by atomic mass is 32.2. The Hall–Kier alpha value is -1.41. The molecule has 0 aliphatic rings. The van der Waals surface area contributed by atoms with Gasteiger partial charge >= 0.3 is 11.5 Å². The average molecular weight is 307 g/mol. The van der Waals surface area contributed by atoms with Crippen LogP contribution in [0.4, 0.5) is 23.7 Å². The zero-order valence-electron chi connectivity index (χ0n) is 10.8. The number of carbonyl (C=O) groups excluding carboxylic acids is 1. The van der Waals surface area contributed by atoms with Crippen molar-refractivity contribution >= 4 is 23.5 Å². The first-order chi connectivity index (χ1) is 9.28. The first-order valence-corrected chi connectivity index (χ1v) is 6.87. The second kappa shape index (κ2) is 7.39. The molecule has 112 valence electrons. The summed E-state index contributed by atoms with van der Waals surface area (Å²) in [5.41, 5.74) is 2.28. The smallest absolute Gasteiger partial charge is 0.351 e. The third-order valence-corrected chi connectivity index (χ3v) is 3.23. The van der Waals surface area contributed by atoms with E-state index in [1.54, 1.807) is 24.3 Å². The molecule has 0 bridgehead atoms. The second-order valence-electron chi connectivity index (χ2n) is 4.08. The zero-order valence-corrected chi connectivity index (χ0v) is 11.6. The van der Waals surface area contributed by atoms with E-state index in [0.717, 1.165) is 5.56 Å². The molecule has 4 N–H and O–H groups in total. The number of urea groups is 1. The number of primary amides is 1. The van der Waals surface area contributed by atoms with Crippen molar-refractivity contribution in [3.63, 3.8) is 0 Å². The number of halogens is 3. The number of amides is 2. The maximum Gasteiger partial charge on any atom is 0.441 e. The summed E-state index contributed by atoms with van der Waals surface area (Å²) in [6, 6.07) is 6.20. The SMILES string of the molecule is CC(NCCSC(F)(F)F)c1ccc(NC(N)=O)cc1. The van der Waals surface area contributed by atoms with Gasteiger partial charge in [-0.3, -0.25) is 0 Å². The molecule has 1 aromatic rings. The van der Waals surface area contributed by atoms with Crippen molar-refractivity contribution in [2.75, 3.05) is 17.6 Å². The predicted octanol–water partition coefficient (Wildman–Crippen LogP) is 3.08. The fourth-order valence-corrected chi connectivity index (χ4v) is 2.01. The minimum atomic E-state index is -4.19. The van der Waals surface area contributed by atoms with Crippen LogP contribution in [0.1, 0.15) is 18.5 Å². The van der Waals surface area contributed by atoms with Crippen molar-refractivity contribution < 1.29 is 18.0 Å². The molecule has 0 spiro atoms. The monoisotopic (exact) mass is 307 g/mol. The van der Waals surface area contributed by atoms with Crippen molar-refractivity contribution in [3.05, 3.63) is 29.8 Å². The summed E-state index contributed by atoms with van der Waals surface area (Å²) in [5.74, 6) is -0.0326. The van der Waals surface area contributed by atoms with Crippen LogP contribution < -0.4 is 16.4 Å². The normalized spacial score (nSPS) is 13.0. The fourth-order valence-electron chi connectivity index (χ4n) is 1.56. The molecule has 1 aromatic carbocycles. The van der Waals surface area contributed by atoms with Crippen molar-refractivity contribution in [1.82, 2.24) is 5.32 Å². The lowest BCUT2D eigenvalue weighted by atomic mass is 10.1. The van der Waals surface area contributed by atoms with Gasteiger partial charge in [0, 0.05) is 24.0 Å². The van der Waals surface area contributed by atoms with Gasteiger partial charge in [-0.05, 0) is 36.4 Å². The number of nitrogens with two attached hydrogens (primary N) is 1. The van der Waals surface area contributed by atoms with E-state index in [-0.39, 0.29) is 30.1 Å². The van der Waals surface area contributed by atoms with Gasteiger partial charge in [0.15, 0.2) is 0 Å². The molecule has 2 amide bonds. The van der Waals surface area contributed by atoms with E-state index in [2.05, 4.69) is 10.6 Å². The largest absolute Gasteiger partial charge is 0.441 e. The number of benzene rings is 1. The summed E-state index contributed by atoms with van der Waals surface area (Å²) in [6.45, 7) is 2.11. The van der Waals surface area contributed by atoms with Crippen LogP contribution >= 0.6 is 11.8 Å². The number of alkyl halides is 3. The highest BCUT2D eigenvalue weighted by Crippen LogP contribution is 2.29. The molecule has 0 saturated heterocycles. The standard InChI is InChI=1S/C12H16F3N3OS/c1-8(17-6-7-20-12(13,14)15)9-2-4-10(5-3-9)18-11(16)19/h2-5,8,17H,6-7H2,1H3,(H3,16,18,19). The molecule has 1 atom stereocenters. The summed E-state index contributed by atoms with van der Waals surface area (Å²) < 4.78 is 35.8. The summed E-state index contributed by atoms with van der Waals surface area (Å²) in [6.07, 6.45) is 0. The number of hydrogen-bond donors (Lipinski definition) is 3. The molecule has 0 aliphatic heterocycles. The number of hydrogen-bond acceptors (Lipinski definition) is 3. The Balaban J connectivity index is 2.39. The summed E-state index contributed by atoms with van der Waals surface area (Å²) in [7, 11) is 0. The van der Waals surface area contributed by atoms with Crippen molar-refractivity contribution in [2.45, 2.75) is 18.5 Å². The van der Waals surface area contributed by atoms with E-state index in [0.29, 0.717) is 5.69 Å². The molecule has 0 radical (unpaired) electrons.